The molecule has 0 radical (unpaired) electrons. The second-order valence-electron chi connectivity index (χ2n) is 7.46. The maximum absolute atomic E-state index is 12.3. The van der Waals surface area contributed by atoms with E-state index in [-0.39, 0.29) is 5.97 Å². The Bertz CT molecular complexity index is 1010. The van der Waals surface area contributed by atoms with E-state index in [4.69, 9.17) is 4.74 Å². The number of fused-ring (bicyclic) bond motifs is 1. The van der Waals surface area contributed by atoms with Gasteiger partial charge in [0.25, 0.3) is 0 Å². The number of imidazole rings is 1. The molecule has 2 aromatic carbocycles. The molecule has 0 bridgehead atoms. The summed E-state index contributed by atoms with van der Waals surface area (Å²) in [5.74, 6) is 1.56. The third-order valence-corrected chi connectivity index (χ3v) is 6.29. The SMILES string of the molecule is CCSCCOC(=O)c1ccc2c(c1)ncn2-c1cccc(N2CCN(C)CC2)c1. The van der Waals surface area contributed by atoms with E-state index in [0.29, 0.717) is 12.2 Å². The van der Waals surface area contributed by atoms with Gasteiger partial charge >= 0.3 is 5.97 Å². The van der Waals surface area contributed by atoms with Gasteiger partial charge in [0.1, 0.15) is 12.9 Å². The lowest BCUT2D eigenvalue weighted by Crippen LogP contribution is -2.44. The molecule has 1 saturated heterocycles. The van der Waals surface area contributed by atoms with Crippen molar-refractivity contribution in [2.45, 2.75) is 6.92 Å². The van der Waals surface area contributed by atoms with Crippen LogP contribution >= 0.6 is 11.8 Å². The Hall–Kier alpha value is -2.51. The van der Waals surface area contributed by atoms with Crippen molar-refractivity contribution in [2.24, 2.45) is 0 Å². The minimum atomic E-state index is -0.291. The van der Waals surface area contributed by atoms with Crippen LogP contribution in [-0.2, 0) is 4.74 Å². The van der Waals surface area contributed by atoms with Gasteiger partial charge in [-0.2, -0.15) is 11.8 Å². The van der Waals surface area contributed by atoms with Gasteiger partial charge in [0.15, 0.2) is 0 Å². The molecule has 158 valence electrons. The van der Waals surface area contributed by atoms with Gasteiger partial charge in [-0.05, 0) is 49.2 Å². The first kappa shape index (κ1) is 20.8. The number of thioether (sulfide) groups is 1. The van der Waals surface area contributed by atoms with Crippen molar-refractivity contribution in [3.8, 4) is 5.69 Å². The van der Waals surface area contributed by atoms with Crippen molar-refractivity contribution in [1.82, 2.24) is 14.5 Å². The number of ether oxygens (including phenoxy) is 1. The number of carbonyl (C=O) groups excluding carboxylic acids is 1. The maximum atomic E-state index is 12.3. The van der Waals surface area contributed by atoms with Crippen molar-refractivity contribution < 1.29 is 9.53 Å². The number of piperazine rings is 1. The fraction of sp³-hybridized carbons (Fsp3) is 0.391. The molecule has 0 N–H and O–H groups in total. The molecule has 2 heterocycles. The fourth-order valence-corrected chi connectivity index (χ4v) is 4.16. The average Bonchev–Trinajstić information content (AvgIpc) is 3.20. The molecule has 1 aromatic heterocycles. The molecule has 0 spiro atoms. The molecule has 0 aliphatic carbocycles. The summed E-state index contributed by atoms with van der Waals surface area (Å²) in [7, 11) is 2.17. The maximum Gasteiger partial charge on any atom is 0.338 e. The molecule has 4 rings (SSSR count). The number of anilines is 1. The van der Waals surface area contributed by atoms with Gasteiger partial charge in [-0.15, -0.1) is 0 Å². The van der Waals surface area contributed by atoms with Crippen LogP contribution in [0.1, 0.15) is 17.3 Å². The molecule has 1 aliphatic rings. The van der Waals surface area contributed by atoms with E-state index in [0.717, 1.165) is 54.4 Å². The fourth-order valence-electron chi connectivity index (χ4n) is 3.67. The smallest absolute Gasteiger partial charge is 0.338 e. The lowest BCUT2D eigenvalue weighted by Gasteiger charge is -2.34. The molecule has 6 nitrogen and oxygen atoms in total. The van der Waals surface area contributed by atoms with Crippen LogP contribution < -0.4 is 4.90 Å². The third-order valence-electron chi connectivity index (χ3n) is 5.42. The van der Waals surface area contributed by atoms with E-state index in [1.807, 2.05) is 24.5 Å². The standard InChI is InChI=1S/C23H28N4O2S/c1-3-30-14-13-29-23(28)18-7-8-22-21(15-18)24-17-27(22)20-6-4-5-19(16-20)26-11-9-25(2)10-12-26/h4-8,15-17H,3,9-14H2,1-2H3. The molecule has 0 amide bonds. The van der Waals surface area contributed by atoms with Gasteiger partial charge in [0.05, 0.1) is 16.6 Å². The first-order chi connectivity index (χ1) is 14.7. The molecular weight excluding hydrogens is 396 g/mol. The number of aromatic nitrogens is 2. The summed E-state index contributed by atoms with van der Waals surface area (Å²) >= 11 is 1.76. The molecule has 30 heavy (non-hydrogen) atoms. The van der Waals surface area contributed by atoms with E-state index < -0.39 is 0 Å². The highest BCUT2D eigenvalue weighted by molar-refractivity contribution is 7.99. The normalized spacial score (nSPS) is 14.9. The van der Waals surface area contributed by atoms with Crippen molar-refractivity contribution in [3.05, 3.63) is 54.4 Å². The molecule has 1 aliphatic heterocycles. The second-order valence-corrected chi connectivity index (χ2v) is 8.85. The first-order valence-corrected chi connectivity index (χ1v) is 11.6. The Morgan fingerprint density at radius 1 is 1.10 bits per heavy atom. The Morgan fingerprint density at radius 2 is 1.90 bits per heavy atom. The lowest BCUT2D eigenvalue weighted by atomic mass is 10.2. The highest BCUT2D eigenvalue weighted by atomic mass is 32.2. The quantitative estimate of drug-likeness (QED) is 0.426. The van der Waals surface area contributed by atoms with E-state index in [9.17, 15) is 4.79 Å². The Labute approximate surface area is 181 Å². The van der Waals surface area contributed by atoms with E-state index in [2.05, 4.69) is 57.6 Å². The third kappa shape index (κ3) is 4.63. The number of rotatable bonds is 7. The van der Waals surface area contributed by atoms with Crippen molar-refractivity contribution in [2.75, 3.05) is 56.2 Å². The van der Waals surface area contributed by atoms with Crippen LogP contribution in [0.2, 0.25) is 0 Å². The largest absolute Gasteiger partial charge is 0.461 e. The Morgan fingerprint density at radius 3 is 2.70 bits per heavy atom. The van der Waals surface area contributed by atoms with Gasteiger partial charge in [0.2, 0.25) is 0 Å². The van der Waals surface area contributed by atoms with E-state index >= 15 is 0 Å². The zero-order valence-corrected chi connectivity index (χ0v) is 18.4. The number of nitrogens with zero attached hydrogens (tertiary/aromatic N) is 4. The molecule has 3 aromatic rings. The molecule has 7 heteroatoms. The van der Waals surface area contributed by atoms with Crippen LogP contribution in [0.15, 0.2) is 48.8 Å². The number of hydrogen-bond donors (Lipinski definition) is 0. The number of benzene rings is 2. The van der Waals surface area contributed by atoms with Gasteiger partial charge in [-0.25, -0.2) is 9.78 Å². The highest BCUT2D eigenvalue weighted by Crippen LogP contribution is 2.24. The van der Waals surface area contributed by atoms with Gasteiger partial charge in [-0.3, -0.25) is 4.57 Å². The average molecular weight is 425 g/mol. The van der Waals surface area contributed by atoms with Gasteiger partial charge < -0.3 is 14.5 Å². The number of hydrogen-bond acceptors (Lipinski definition) is 6. The Balaban J connectivity index is 1.53. The van der Waals surface area contributed by atoms with E-state index in [1.54, 1.807) is 11.8 Å². The zero-order chi connectivity index (χ0) is 20.9. The first-order valence-electron chi connectivity index (χ1n) is 10.4. The van der Waals surface area contributed by atoms with Crippen LogP contribution in [0.3, 0.4) is 0 Å². The summed E-state index contributed by atoms with van der Waals surface area (Å²) in [6, 6.07) is 14.1. The minimum Gasteiger partial charge on any atom is -0.461 e. The predicted octanol–water partition coefficient (Wildman–Crippen LogP) is 3.69. The highest BCUT2D eigenvalue weighted by Gasteiger charge is 2.16. The van der Waals surface area contributed by atoms with Gasteiger partial charge in [0, 0.05) is 43.3 Å². The van der Waals surface area contributed by atoms with Crippen LogP contribution in [0.4, 0.5) is 5.69 Å². The molecular formula is C23H28N4O2S. The van der Waals surface area contributed by atoms with Crippen molar-refractivity contribution >= 4 is 34.5 Å². The summed E-state index contributed by atoms with van der Waals surface area (Å²) < 4.78 is 7.43. The molecule has 1 fully saturated rings. The van der Waals surface area contributed by atoms with Crippen LogP contribution in [0.25, 0.3) is 16.7 Å². The minimum absolute atomic E-state index is 0.291. The second kappa shape index (κ2) is 9.53. The van der Waals surface area contributed by atoms with Crippen LogP contribution in [0, 0.1) is 0 Å². The number of likely N-dealkylation sites (N-methyl/N-ethyl adjacent to an activating group) is 1. The number of esters is 1. The Kier molecular flexibility index (Phi) is 6.59. The summed E-state index contributed by atoms with van der Waals surface area (Å²) in [6.07, 6.45) is 1.82. The van der Waals surface area contributed by atoms with Crippen molar-refractivity contribution in [3.63, 3.8) is 0 Å². The molecule has 0 unspecified atom stereocenters. The van der Waals surface area contributed by atoms with E-state index in [1.165, 1.54) is 5.69 Å². The van der Waals surface area contributed by atoms with Gasteiger partial charge in [-0.1, -0.05) is 13.0 Å². The lowest BCUT2D eigenvalue weighted by molar-refractivity contribution is 0.0530. The molecule has 0 saturated carbocycles. The summed E-state index contributed by atoms with van der Waals surface area (Å²) in [4.78, 5) is 21.6. The predicted molar refractivity (Wildman–Crippen MR) is 124 cm³/mol. The summed E-state index contributed by atoms with van der Waals surface area (Å²) in [5.41, 5.74) is 4.61. The molecule has 0 atom stereocenters. The summed E-state index contributed by atoms with van der Waals surface area (Å²) in [5, 5.41) is 0. The van der Waals surface area contributed by atoms with Crippen LogP contribution in [-0.4, -0.2) is 71.8 Å². The van der Waals surface area contributed by atoms with Crippen molar-refractivity contribution in [1.29, 1.82) is 0 Å². The zero-order valence-electron chi connectivity index (χ0n) is 17.6. The number of carbonyl (C=O) groups is 1. The summed E-state index contributed by atoms with van der Waals surface area (Å²) in [6.45, 7) is 6.75. The topological polar surface area (TPSA) is 50.6 Å². The monoisotopic (exact) mass is 424 g/mol. The van der Waals surface area contributed by atoms with Crippen LogP contribution in [0.5, 0.6) is 0 Å².